The normalized spacial score (nSPS) is 30.3. The van der Waals surface area contributed by atoms with Crippen LogP contribution in [0.1, 0.15) is 38.5 Å². The van der Waals surface area contributed by atoms with Gasteiger partial charge in [0, 0.05) is 18.3 Å². The minimum atomic E-state index is -3.86. The van der Waals surface area contributed by atoms with Crippen LogP contribution in [0.4, 0.5) is 5.82 Å². The Balaban J connectivity index is 1.42. The van der Waals surface area contributed by atoms with Gasteiger partial charge in [-0.2, -0.15) is 5.10 Å². The van der Waals surface area contributed by atoms with Gasteiger partial charge >= 0.3 is 0 Å². The molecule has 0 saturated heterocycles. The van der Waals surface area contributed by atoms with Gasteiger partial charge in [-0.15, -0.1) is 0 Å². The monoisotopic (exact) mass is 417 g/mol. The number of nitrogens with zero attached hydrogens (tertiary/aromatic N) is 2. The summed E-state index contributed by atoms with van der Waals surface area (Å²) in [6.07, 6.45) is 9.50. The molecule has 6 rings (SSSR count). The molecular weight excluding hydrogens is 390 g/mol. The SMILES string of the molecule is COc1ccc(OC)c(S(=O)(=O)Nc2ccn(C34CC5CC(CC(C5)C3)C4)n2)c1. The molecule has 1 heterocycles. The molecule has 4 bridgehead atoms. The van der Waals surface area contributed by atoms with Crippen molar-refractivity contribution in [1.29, 1.82) is 0 Å². The third-order valence-corrected chi connectivity index (χ3v) is 8.36. The zero-order chi connectivity index (χ0) is 20.2. The van der Waals surface area contributed by atoms with Crippen LogP contribution in [0.15, 0.2) is 35.4 Å². The molecule has 0 aliphatic heterocycles. The highest BCUT2D eigenvalue weighted by molar-refractivity contribution is 7.92. The third kappa shape index (κ3) is 3.17. The van der Waals surface area contributed by atoms with Crippen LogP contribution in [0.2, 0.25) is 0 Å². The Morgan fingerprint density at radius 3 is 2.28 bits per heavy atom. The lowest BCUT2D eigenvalue weighted by atomic mass is 9.53. The van der Waals surface area contributed by atoms with E-state index in [1.54, 1.807) is 18.2 Å². The summed E-state index contributed by atoms with van der Waals surface area (Å²) in [6.45, 7) is 0. The molecule has 156 valence electrons. The lowest BCUT2D eigenvalue weighted by molar-refractivity contribution is -0.0492. The van der Waals surface area contributed by atoms with Crippen molar-refractivity contribution in [2.75, 3.05) is 18.9 Å². The summed E-state index contributed by atoms with van der Waals surface area (Å²) in [5, 5.41) is 4.66. The maximum absolute atomic E-state index is 13.0. The zero-order valence-electron chi connectivity index (χ0n) is 16.8. The van der Waals surface area contributed by atoms with Gasteiger partial charge in [0.05, 0.1) is 19.8 Å². The molecule has 4 saturated carbocycles. The predicted octanol–water partition coefficient (Wildman–Crippen LogP) is 3.63. The first-order chi connectivity index (χ1) is 13.9. The summed E-state index contributed by atoms with van der Waals surface area (Å²) in [5.41, 5.74) is 0.0616. The highest BCUT2D eigenvalue weighted by Gasteiger charge is 2.52. The van der Waals surface area contributed by atoms with Crippen molar-refractivity contribution in [3.8, 4) is 11.5 Å². The Kier molecular flexibility index (Phi) is 4.31. The topological polar surface area (TPSA) is 82.5 Å². The molecule has 0 spiro atoms. The van der Waals surface area contributed by atoms with E-state index in [0.29, 0.717) is 11.6 Å². The largest absolute Gasteiger partial charge is 0.497 e. The van der Waals surface area contributed by atoms with Crippen molar-refractivity contribution in [1.82, 2.24) is 9.78 Å². The van der Waals surface area contributed by atoms with Crippen molar-refractivity contribution in [2.24, 2.45) is 17.8 Å². The maximum atomic E-state index is 13.0. The van der Waals surface area contributed by atoms with Crippen molar-refractivity contribution >= 4 is 15.8 Å². The number of aromatic nitrogens is 2. The summed E-state index contributed by atoms with van der Waals surface area (Å²) < 4.78 is 41.1. The standard InChI is InChI=1S/C21H27N3O4S/c1-27-17-3-4-18(28-2)19(10-17)29(25,26)23-20-5-6-24(22-20)21-11-14-7-15(12-21)9-16(8-14)13-21/h3-6,10,14-16H,7-9,11-13H2,1-2H3,(H,22,23). The van der Waals surface area contributed by atoms with Gasteiger partial charge in [-0.25, -0.2) is 8.42 Å². The number of anilines is 1. The van der Waals surface area contributed by atoms with E-state index in [2.05, 4.69) is 9.82 Å². The summed E-state index contributed by atoms with van der Waals surface area (Å²) in [4.78, 5) is 0.0312. The van der Waals surface area contributed by atoms with Gasteiger partial charge in [0.15, 0.2) is 5.82 Å². The fraction of sp³-hybridized carbons (Fsp3) is 0.571. The van der Waals surface area contributed by atoms with Crippen LogP contribution >= 0.6 is 0 Å². The smallest absolute Gasteiger partial charge is 0.266 e. The molecule has 1 aromatic carbocycles. The maximum Gasteiger partial charge on any atom is 0.266 e. The van der Waals surface area contributed by atoms with Crippen LogP contribution in [0, 0.1) is 17.8 Å². The van der Waals surface area contributed by atoms with Crippen molar-refractivity contribution in [2.45, 2.75) is 49.0 Å². The van der Waals surface area contributed by atoms with E-state index >= 15 is 0 Å². The van der Waals surface area contributed by atoms with Crippen LogP contribution < -0.4 is 14.2 Å². The number of ether oxygens (including phenoxy) is 2. The molecule has 0 amide bonds. The van der Waals surface area contributed by atoms with Gasteiger partial charge in [-0.05, 0) is 68.4 Å². The Morgan fingerprint density at radius 2 is 1.69 bits per heavy atom. The molecule has 1 aromatic heterocycles. The number of nitrogens with one attached hydrogen (secondary N) is 1. The van der Waals surface area contributed by atoms with Gasteiger partial charge in [-0.3, -0.25) is 9.40 Å². The average molecular weight is 418 g/mol. The quantitative estimate of drug-likeness (QED) is 0.776. The molecule has 7 nitrogen and oxygen atoms in total. The van der Waals surface area contributed by atoms with Crippen LogP contribution in [0.5, 0.6) is 11.5 Å². The van der Waals surface area contributed by atoms with Crippen molar-refractivity contribution in [3.05, 3.63) is 30.5 Å². The van der Waals surface area contributed by atoms with Crippen LogP contribution in [0.25, 0.3) is 0 Å². The minimum absolute atomic E-state index is 0.0312. The molecule has 4 aliphatic carbocycles. The van der Waals surface area contributed by atoms with E-state index < -0.39 is 10.0 Å². The van der Waals surface area contributed by atoms with Gasteiger partial charge in [-0.1, -0.05) is 0 Å². The first kappa shape index (κ1) is 18.8. The Bertz CT molecular complexity index is 995. The Labute approximate surface area is 171 Å². The first-order valence-corrected chi connectivity index (χ1v) is 11.7. The lowest BCUT2D eigenvalue weighted by Gasteiger charge is -2.56. The average Bonchev–Trinajstić information content (AvgIpc) is 3.15. The second-order valence-electron chi connectivity index (χ2n) is 8.91. The molecule has 1 N–H and O–H groups in total. The Morgan fingerprint density at radius 1 is 1.03 bits per heavy atom. The molecule has 4 fully saturated rings. The van der Waals surface area contributed by atoms with E-state index in [0.717, 1.165) is 37.0 Å². The molecule has 2 aromatic rings. The van der Waals surface area contributed by atoms with Crippen LogP contribution in [-0.4, -0.2) is 32.4 Å². The predicted molar refractivity (Wildman–Crippen MR) is 109 cm³/mol. The number of sulfonamides is 1. The fourth-order valence-electron chi connectivity index (χ4n) is 6.17. The Hall–Kier alpha value is -2.22. The molecule has 4 aliphatic rings. The van der Waals surface area contributed by atoms with Crippen molar-refractivity contribution < 1.29 is 17.9 Å². The summed E-state index contributed by atoms with van der Waals surface area (Å²) >= 11 is 0. The molecule has 0 unspecified atom stereocenters. The summed E-state index contributed by atoms with van der Waals surface area (Å²) in [6, 6.07) is 6.46. The molecular formula is C21H27N3O4S. The molecule has 0 radical (unpaired) electrons. The van der Waals surface area contributed by atoms with Crippen LogP contribution in [0.3, 0.4) is 0 Å². The molecule has 29 heavy (non-hydrogen) atoms. The number of methoxy groups -OCH3 is 2. The fourth-order valence-corrected chi connectivity index (χ4v) is 7.36. The highest BCUT2D eigenvalue weighted by atomic mass is 32.2. The van der Waals surface area contributed by atoms with Gasteiger partial charge in [0.25, 0.3) is 10.0 Å². The highest BCUT2D eigenvalue weighted by Crippen LogP contribution is 2.58. The second kappa shape index (κ2) is 6.65. The third-order valence-electron chi connectivity index (χ3n) is 6.98. The van der Waals surface area contributed by atoms with Crippen molar-refractivity contribution in [3.63, 3.8) is 0 Å². The summed E-state index contributed by atoms with van der Waals surface area (Å²) in [7, 11) is -0.916. The summed E-state index contributed by atoms with van der Waals surface area (Å²) in [5.74, 6) is 3.44. The number of hydrogen-bond donors (Lipinski definition) is 1. The van der Waals surface area contributed by atoms with Gasteiger partial charge in [0.2, 0.25) is 0 Å². The number of benzene rings is 1. The first-order valence-electron chi connectivity index (χ1n) is 10.2. The van der Waals surface area contributed by atoms with E-state index in [4.69, 9.17) is 9.47 Å². The van der Waals surface area contributed by atoms with E-state index in [-0.39, 0.29) is 16.2 Å². The minimum Gasteiger partial charge on any atom is -0.497 e. The van der Waals surface area contributed by atoms with Crippen LogP contribution in [-0.2, 0) is 15.6 Å². The molecule has 0 atom stereocenters. The van der Waals surface area contributed by atoms with E-state index in [9.17, 15) is 8.42 Å². The second-order valence-corrected chi connectivity index (χ2v) is 10.6. The number of rotatable bonds is 6. The van der Waals surface area contributed by atoms with E-state index in [1.807, 2.05) is 10.9 Å². The van der Waals surface area contributed by atoms with E-state index in [1.165, 1.54) is 39.5 Å². The number of hydrogen-bond acceptors (Lipinski definition) is 5. The molecule has 8 heteroatoms. The zero-order valence-corrected chi connectivity index (χ0v) is 17.6. The van der Waals surface area contributed by atoms with Gasteiger partial charge in [0.1, 0.15) is 16.4 Å². The van der Waals surface area contributed by atoms with Gasteiger partial charge < -0.3 is 9.47 Å². The lowest BCUT2D eigenvalue weighted by Crippen LogP contribution is -2.52.